The van der Waals surface area contributed by atoms with Gasteiger partial charge in [-0.05, 0) is 36.8 Å². The Balaban J connectivity index is 2.10. The van der Waals surface area contributed by atoms with Gasteiger partial charge in [-0.1, -0.05) is 12.1 Å². The lowest BCUT2D eigenvalue weighted by Crippen LogP contribution is -2.04. The molecule has 5 nitrogen and oxygen atoms in total. The van der Waals surface area contributed by atoms with Gasteiger partial charge in [0.15, 0.2) is 0 Å². The van der Waals surface area contributed by atoms with E-state index in [1.807, 2.05) is 31.2 Å². The van der Waals surface area contributed by atoms with Crippen LogP contribution in [0.2, 0.25) is 0 Å². The molecule has 1 atom stereocenters. The highest BCUT2D eigenvalue weighted by molar-refractivity contribution is 5.61. The van der Waals surface area contributed by atoms with E-state index >= 15 is 0 Å². The summed E-state index contributed by atoms with van der Waals surface area (Å²) in [6.45, 7) is 1.93. The van der Waals surface area contributed by atoms with E-state index in [1.54, 1.807) is 12.1 Å². The fraction of sp³-hybridized carbons (Fsp3) is 0.143. The van der Waals surface area contributed by atoms with Crippen molar-refractivity contribution in [1.82, 2.24) is 0 Å². The molecule has 0 heterocycles. The zero-order chi connectivity index (χ0) is 13.8. The Labute approximate surface area is 111 Å². The van der Waals surface area contributed by atoms with Crippen LogP contribution in [0, 0.1) is 10.1 Å². The van der Waals surface area contributed by atoms with Crippen molar-refractivity contribution in [3.05, 3.63) is 64.2 Å². The zero-order valence-electron chi connectivity index (χ0n) is 10.5. The molecule has 1 unspecified atom stereocenters. The third kappa shape index (κ3) is 3.29. The van der Waals surface area contributed by atoms with Crippen LogP contribution in [0.3, 0.4) is 0 Å². The molecule has 0 fully saturated rings. The first kappa shape index (κ1) is 13.0. The second-order valence-electron chi connectivity index (χ2n) is 4.34. The zero-order valence-corrected chi connectivity index (χ0v) is 10.5. The summed E-state index contributed by atoms with van der Waals surface area (Å²) >= 11 is 0. The average Bonchev–Trinajstić information content (AvgIpc) is 2.40. The molecule has 0 spiro atoms. The van der Waals surface area contributed by atoms with E-state index in [1.165, 1.54) is 12.1 Å². The molecule has 0 aromatic heterocycles. The van der Waals surface area contributed by atoms with Gasteiger partial charge in [0.25, 0.3) is 5.69 Å². The van der Waals surface area contributed by atoms with E-state index < -0.39 is 4.92 Å². The Morgan fingerprint density at radius 1 is 1.05 bits per heavy atom. The average molecular weight is 257 g/mol. The van der Waals surface area contributed by atoms with Crippen LogP contribution >= 0.6 is 0 Å². The van der Waals surface area contributed by atoms with E-state index in [2.05, 4.69) is 5.32 Å². The summed E-state index contributed by atoms with van der Waals surface area (Å²) in [5.41, 5.74) is 8.64. The third-order valence-corrected chi connectivity index (χ3v) is 2.80. The maximum Gasteiger partial charge on any atom is 0.269 e. The van der Waals surface area contributed by atoms with E-state index in [0.29, 0.717) is 0 Å². The maximum absolute atomic E-state index is 10.5. The number of hydrogen-bond donors (Lipinski definition) is 2. The number of hydrogen-bond acceptors (Lipinski definition) is 4. The largest absolute Gasteiger partial charge is 0.356 e. The highest BCUT2D eigenvalue weighted by Gasteiger charge is 2.04. The van der Waals surface area contributed by atoms with Gasteiger partial charge >= 0.3 is 0 Å². The van der Waals surface area contributed by atoms with Crippen molar-refractivity contribution in [3.8, 4) is 0 Å². The minimum Gasteiger partial charge on any atom is -0.356 e. The van der Waals surface area contributed by atoms with Crippen LogP contribution < -0.4 is 11.1 Å². The molecule has 19 heavy (non-hydrogen) atoms. The molecule has 0 bridgehead atoms. The molecular weight excluding hydrogens is 242 g/mol. The second-order valence-corrected chi connectivity index (χ2v) is 4.34. The van der Waals surface area contributed by atoms with Gasteiger partial charge in [0.2, 0.25) is 0 Å². The molecule has 3 N–H and O–H groups in total. The van der Waals surface area contributed by atoms with Crippen LogP contribution in [0.5, 0.6) is 0 Å². The van der Waals surface area contributed by atoms with Crippen LogP contribution in [0.4, 0.5) is 17.1 Å². The number of nitrogens with one attached hydrogen (secondary N) is 1. The van der Waals surface area contributed by atoms with E-state index in [4.69, 9.17) is 5.73 Å². The Bertz CT molecular complexity index is 562. The van der Waals surface area contributed by atoms with Gasteiger partial charge in [0.1, 0.15) is 0 Å². The summed E-state index contributed by atoms with van der Waals surface area (Å²) in [6, 6.07) is 14.1. The lowest BCUT2D eigenvalue weighted by atomic mass is 10.1. The van der Waals surface area contributed by atoms with Crippen LogP contribution in [0.25, 0.3) is 0 Å². The molecule has 0 aliphatic carbocycles. The van der Waals surface area contributed by atoms with Crippen molar-refractivity contribution in [2.75, 3.05) is 5.32 Å². The fourth-order valence-corrected chi connectivity index (χ4v) is 1.70. The first-order valence-electron chi connectivity index (χ1n) is 5.93. The third-order valence-electron chi connectivity index (χ3n) is 2.80. The van der Waals surface area contributed by atoms with Gasteiger partial charge in [-0.2, -0.15) is 0 Å². The Kier molecular flexibility index (Phi) is 3.77. The number of nitro benzene ring substituents is 1. The maximum atomic E-state index is 10.5. The standard InChI is InChI=1S/C14H15N3O2/c1-10(15)11-2-4-12(5-3-11)16-13-6-8-14(9-7-13)17(18)19/h2-10,16H,15H2,1H3. The number of nitrogens with zero attached hydrogens (tertiary/aromatic N) is 1. The van der Waals surface area contributed by atoms with Gasteiger partial charge in [-0.3, -0.25) is 10.1 Å². The lowest BCUT2D eigenvalue weighted by Gasteiger charge is -2.09. The first-order chi connectivity index (χ1) is 9.06. The monoisotopic (exact) mass is 257 g/mol. The molecule has 2 rings (SSSR count). The van der Waals surface area contributed by atoms with Gasteiger partial charge < -0.3 is 11.1 Å². The smallest absolute Gasteiger partial charge is 0.269 e. The predicted octanol–water partition coefficient (Wildman–Crippen LogP) is 3.36. The van der Waals surface area contributed by atoms with Crippen LogP contribution in [0.15, 0.2) is 48.5 Å². The molecule has 2 aromatic rings. The van der Waals surface area contributed by atoms with Gasteiger partial charge in [0, 0.05) is 29.5 Å². The van der Waals surface area contributed by atoms with Crippen molar-refractivity contribution < 1.29 is 4.92 Å². The Morgan fingerprint density at radius 2 is 1.53 bits per heavy atom. The molecule has 2 aromatic carbocycles. The molecule has 0 radical (unpaired) electrons. The number of anilines is 2. The highest BCUT2D eigenvalue weighted by Crippen LogP contribution is 2.21. The molecule has 0 saturated heterocycles. The summed E-state index contributed by atoms with van der Waals surface area (Å²) in [5.74, 6) is 0. The highest BCUT2D eigenvalue weighted by atomic mass is 16.6. The molecule has 0 aliphatic heterocycles. The van der Waals surface area contributed by atoms with Gasteiger partial charge in [-0.15, -0.1) is 0 Å². The predicted molar refractivity (Wildman–Crippen MR) is 75.4 cm³/mol. The topological polar surface area (TPSA) is 81.2 Å². The summed E-state index contributed by atoms with van der Waals surface area (Å²) in [7, 11) is 0. The molecule has 0 aliphatic rings. The SMILES string of the molecule is CC(N)c1ccc(Nc2ccc([N+](=O)[O-])cc2)cc1. The van der Waals surface area contributed by atoms with E-state index in [9.17, 15) is 10.1 Å². The fourth-order valence-electron chi connectivity index (χ4n) is 1.70. The van der Waals surface area contributed by atoms with Crippen molar-refractivity contribution in [2.45, 2.75) is 13.0 Å². The number of nitro groups is 1. The van der Waals surface area contributed by atoms with Crippen molar-refractivity contribution in [3.63, 3.8) is 0 Å². The molecule has 98 valence electrons. The molecule has 0 amide bonds. The number of nitrogens with two attached hydrogens (primary N) is 1. The summed E-state index contributed by atoms with van der Waals surface area (Å²) in [6.07, 6.45) is 0. The lowest BCUT2D eigenvalue weighted by molar-refractivity contribution is -0.384. The second kappa shape index (κ2) is 5.49. The Hall–Kier alpha value is -2.40. The molecular formula is C14H15N3O2. The van der Waals surface area contributed by atoms with Gasteiger partial charge in [-0.25, -0.2) is 0 Å². The quantitative estimate of drug-likeness (QED) is 0.650. The first-order valence-corrected chi connectivity index (χ1v) is 5.93. The molecule has 0 saturated carbocycles. The summed E-state index contributed by atoms with van der Waals surface area (Å²) < 4.78 is 0. The normalized spacial score (nSPS) is 11.9. The van der Waals surface area contributed by atoms with Crippen molar-refractivity contribution in [2.24, 2.45) is 5.73 Å². The summed E-state index contributed by atoms with van der Waals surface area (Å²) in [4.78, 5) is 10.1. The van der Waals surface area contributed by atoms with Crippen molar-refractivity contribution >= 4 is 17.1 Å². The van der Waals surface area contributed by atoms with Crippen molar-refractivity contribution in [1.29, 1.82) is 0 Å². The number of rotatable bonds is 4. The van der Waals surface area contributed by atoms with Crippen LogP contribution in [-0.2, 0) is 0 Å². The van der Waals surface area contributed by atoms with E-state index in [0.717, 1.165) is 16.9 Å². The molecule has 5 heteroatoms. The van der Waals surface area contributed by atoms with Gasteiger partial charge in [0.05, 0.1) is 4.92 Å². The Morgan fingerprint density at radius 3 is 1.95 bits per heavy atom. The number of benzene rings is 2. The minimum atomic E-state index is -0.415. The van der Waals surface area contributed by atoms with E-state index in [-0.39, 0.29) is 11.7 Å². The van der Waals surface area contributed by atoms with Crippen LogP contribution in [0.1, 0.15) is 18.5 Å². The number of non-ortho nitro benzene ring substituents is 1. The van der Waals surface area contributed by atoms with Crippen LogP contribution in [-0.4, -0.2) is 4.92 Å². The summed E-state index contributed by atoms with van der Waals surface area (Å²) in [5, 5.41) is 13.7. The minimum absolute atomic E-state index is 0.00780.